The van der Waals surface area contributed by atoms with Crippen molar-refractivity contribution in [1.82, 2.24) is 4.31 Å². The van der Waals surface area contributed by atoms with Gasteiger partial charge in [0.1, 0.15) is 5.82 Å². The molecule has 23 heavy (non-hydrogen) atoms. The van der Waals surface area contributed by atoms with Crippen LogP contribution >= 0.6 is 0 Å². The Bertz CT molecular complexity index is 750. The van der Waals surface area contributed by atoms with Gasteiger partial charge >= 0.3 is 5.97 Å². The topological polar surface area (TPSA) is 83.9 Å². The highest BCUT2D eigenvalue weighted by atomic mass is 32.2. The van der Waals surface area contributed by atoms with Crippen molar-refractivity contribution in [3.63, 3.8) is 0 Å². The molecule has 2 fully saturated rings. The molecule has 0 aliphatic carbocycles. The maximum absolute atomic E-state index is 13.5. The van der Waals surface area contributed by atoms with Gasteiger partial charge in [-0.3, -0.25) is 4.79 Å². The number of ether oxygens (including phenoxy) is 1. The number of aliphatic carboxylic acids is 1. The molecule has 1 aromatic rings. The zero-order chi connectivity index (χ0) is 16.8. The minimum Gasteiger partial charge on any atom is -0.481 e. The van der Waals surface area contributed by atoms with Crippen LogP contribution in [-0.2, 0) is 19.6 Å². The molecule has 0 saturated carbocycles. The molecule has 0 aromatic heterocycles. The van der Waals surface area contributed by atoms with E-state index in [9.17, 15) is 22.7 Å². The van der Waals surface area contributed by atoms with E-state index in [1.165, 1.54) is 12.1 Å². The van der Waals surface area contributed by atoms with Crippen LogP contribution in [0.2, 0.25) is 0 Å². The number of carbonyl (C=O) groups is 1. The van der Waals surface area contributed by atoms with E-state index in [1.54, 1.807) is 6.92 Å². The first kappa shape index (κ1) is 16.4. The molecule has 0 spiro atoms. The molecule has 0 unspecified atom stereocenters. The summed E-state index contributed by atoms with van der Waals surface area (Å²) in [5.74, 6) is -2.03. The Hall–Kier alpha value is -1.51. The predicted octanol–water partition coefficient (Wildman–Crippen LogP) is 1.25. The molecule has 2 saturated heterocycles. The maximum atomic E-state index is 13.5. The molecular weight excluding hydrogens is 325 g/mol. The van der Waals surface area contributed by atoms with Crippen molar-refractivity contribution >= 4 is 16.0 Å². The number of benzene rings is 1. The Morgan fingerprint density at radius 1 is 1.48 bits per heavy atom. The molecule has 0 radical (unpaired) electrons. The van der Waals surface area contributed by atoms with E-state index < -0.39 is 33.1 Å². The van der Waals surface area contributed by atoms with Crippen molar-refractivity contribution in [1.29, 1.82) is 0 Å². The van der Waals surface area contributed by atoms with Gasteiger partial charge < -0.3 is 9.84 Å². The van der Waals surface area contributed by atoms with E-state index in [2.05, 4.69) is 0 Å². The van der Waals surface area contributed by atoms with E-state index in [-0.39, 0.29) is 31.0 Å². The second kappa shape index (κ2) is 5.54. The van der Waals surface area contributed by atoms with Crippen molar-refractivity contribution in [2.75, 3.05) is 26.3 Å². The molecule has 2 aliphatic heterocycles. The summed E-state index contributed by atoms with van der Waals surface area (Å²) in [4.78, 5) is 11.6. The number of hydrogen-bond acceptors (Lipinski definition) is 4. The minimum absolute atomic E-state index is 0.0740. The normalized spacial score (nSPS) is 28.5. The molecule has 1 aromatic carbocycles. The molecule has 2 heterocycles. The highest BCUT2D eigenvalue weighted by Crippen LogP contribution is 2.44. The zero-order valence-electron chi connectivity index (χ0n) is 12.7. The van der Waals surface area contributed by atoms with Gasteiger partial charge in [0.25, 0.3) is 0 Å². The lowest BCUT2D eigenvalue weighted by Gasteiger charge is -2.34. The Morgan fingerprint density at radius 2 is 2.22 bits per heavy atom. The van der Waals surface area contributed by atoms with Crippen molar-refractivity contribution in [3.8, 4) is 0 Å². The van der Waals surface area contributed by atoms with Crippen LogP contribution in [0.1, 0.15) is 12.0 Å². The van der Waals surface area contributed by atoms with Crippen molar-refractivity contribution in [3.05, 3.63) is 29.6 Å². The van der Waals surface area contributed by atoms with Gasteiger partial charge in [0.05, 0.1) is 16.9 Å². The fraction of sp³-hybridized carbons (Fsp3) is 0.533. The van der Waals surface area contributed by atoms with E-state index in [0.29, 0.717) is 12.2 Å². The number of halogens is 1. The molecule has 1 N–H and O–H groups in total. The first-order chi connectivity index (χ1) is 10.8. The Morgan fingerprint density at radius 3 is 2.87 bits per heavy atom. The first-order valence-electron chi connectivity index (χ1n) is 7.35. The van der Waals surface area contributed by atoms with Gasteiger partial charge in [-0.15, -0.1) is 0 Å². The van der Waals surface area contributed by atoms with Crippen molar-refractivity contribution < 1.29 is 27.4 Å². The van der Waals surface area contributed by atoms with Crippen LogP contribution in [0.25, 0.3) is 0 Å². The van der Waals surface area contributed by atoms with E-state index in [1.807, 2.05) is 0 Å². The SMILES string of the molecule is Cc1ccc(F)cc1S(=O)(=O)N1C[C@@H]2COCC[C@]2(C(=O)O)C1. The summed E-state index contributed by atoms with van der Waals surface area (Å²) in [5.41, 5.74) is -0.686. The zero-order valence-corrected chi connectivity index (χ0v) is 13.5. The van der Waals surface area contributed by atoms with Crippen LogP contribution < -0.4 is 0 Å². The third-order valence-corrected chi connectivity index (χ3v) is 6.82. The fourth-order valence-electron chi connectivity index (χ4n) is 3.43. The molecular formula is C15H18FNO5S. The van der Waals surface area contributed by atoms with Crippen molar-refractivity contribution in [2.24, 2.45) is 11.3 Å². The summed E-state index contributed by atoms with van der Waals surface area (Å²) < 4.78 is 45.6. The molecule has 2 aliphatic rings. The Kier molecular flexibility index (Phi) is 3.94. The van der Waals surface area contributed by atoms with Gasteiger partial charge in [0, 0.05) is 25.6 Å². The highest BCUT2D eigenvalue weighted by molar-refractivity contribution is 7.89. The van der Waals surface area contributed by atoms with E-state index >= 15 is 0 Å². The lowest BCUT2D eigenvalue weighted by Crippen LogP contribution is -2.45. The van der Waals surface area contributed by atoms with Gasteiger partial charge in [-0.25, -0.2) is 12.8 Å². The summed E-state index contributed by atoms with van der Waals surface area (Å²) in [6.07, 6.45) is 0.279. The number of rotatable bonds is 3. The number of hydrogen-bond donors (Lipinski definition) is 1. The Balaban J connectivity index is 1.99. The van der Waals surface area contributed by atoms with Gasteiger partial charge in [-0.05, 0) is 31.0 Å². The molecule has 3 rings (SSSR count). The third kappa shape index (κ3) is 2.54. The van der Waals surface area contributed by atoms with Gasteiger partial charge in [0.2, 0.25) is 10.0 Å². The van der Waals surface area contributed by atoms with Gasteiger partial charge in [-0.2, -0.15) is 4.31 Å². The number of carboxylic acids is 1. The Labute approximate surface area is 133 Å². The van der Waals surface area contributed by atoms with Crippen LogP contribution in [0.15, 0.2) is 23.1 Å². The summed E-state index contributed by atoms with van der Waals surface area (Å²) in [7, 11) is -3.95. The lowest BCUT2D eigenvalue weighted by molar-refractivity contribution is -0.157. The summed E-state index contributed by atoms with van der Waals surface area (Å²) >= 11 is 0. The molecule has 0 bridgehead atoms. The van der Waals surface area contributed by atoms with Crippen LogP contribution in [0, 0.1) is 24.1 Å². The summed E-state index contributed by atoms with van der Waals surface area (Å²) in [5, 5.41) is 9.61. The third-order valence-electron chi connectivity index (χ3n) is 4.87. The second-order valence-corrected chi connectivity index (χ2v) is 8.10. The minimum atomic E-state index is -3.95. The monoisotopic (exact) mass is 343 g/mol. The number of nitrogens with zero attached hydrogens (tertiary/aromatic N) is 1. The number of fused-ring (bicyclic) bond motifs is 1. The molecule has 2 atom stereocenters. The van der Waals surface area contributed by atoms with Crippen LogP contribution in [0.4, 0.5) is 4.39 Å². The summed E-state index contributed by atoms with van der Waals surface area (Å²) in [6.45, 7) is 2.08. The predicted molar refractivity (Wildman–Crippen MR) is 78.9 cm³/mol. The summed E-state index contributed by atoms with van der Waals surface area (Å²) in [6, 6.07) is 3.59. The highest BCUT2D eigenvalue weighted by Gasteiger charge is 2.56. The average molecular weight is 343 g/mol. The molecule has 126 valence electrons. The maximum Gasteiger partial charge on any atom is 0.311 e. The van der Waals surface area contributed by atoms with Crippen LogP contribution in [0.5, 0.6) is 0 Å². The smallest absolute Gasteiger partial charge is 0.311 e. The second-order valence-electron chi connectivity index (χ2n) is 6.19. The number of carboxylic acid groups (broad SMARTS) is 1. The van der Waals surface area contributed by atoms with Crippen molar-refractivity contribution in [2.45, 2.75) is 18.2 Å². The van der Waals surface area contributed by atoms with Gasteiger partial charge in [-0.1, -0.05) is 6.07 Å². The fourth-order valence-corrected chi connectivity index (χ4v) is 5.22. The van der Waals surface area contributed by atoms with Crippen LogP contribution in [-0.4, -0.2) is 50.1 Å². The largest absolute Gasteiger partial charge is 0.481 e. The van der Waals surface area contributed by atoms with Crippen LogP contribution in [0.3, 0.4) is 0 Å². The number of sulfonamides is 1. The van der Waals surface area contributed by atoms with Gasteiger partial charge in [0.15, 0.2) is 0 Å². The molecule has 6 nitrogen and oxygen atoms in total. The van der Waals surface area contributed by atoms with E-state index in [0.717, 1.165) is 10.4 Å². The van der Waals surface area contributed by atoms with E-state index in [4.69, 9.17) is 4.74 Å². The molecule has 8 heteroatoms. The molecule has 0 amide bonds. The lowest BCUT2D eigenvalue weighted by atomic mass is 9.74. The number of aryl methyl sites for hydroxylation is 1. The quantitative estimate of drug-likeness (QED) is 0.893. The average Bonchev–Trinajstić information content (AvgIpc) is 2.91. The first-order valence-corrected chi connectivity index (χ1v) is 8.79. The standard InChI is InChI=1S/C15H18FNO5S/c1-10-2-3-12(16)6-13(10)23(20,21)17-7-11-8-22-5-4-15(11,9-17)14(18)19/h2-3,6,11H,4-5,7-9H2,1H3,(H,18,19)/t11-,15+/m1/s1.